The van der Waals surface area contributed by atoms with Gasteiger partial charge in [0.2, 0.25) is 5.91 Å². The van der Waals surface area contributed by atoms with Gasteiger partial charge >= 0.3 is 12.1 Å². The van der Waals surface area contributed by atoms with Crippen molar-refractivity contribution in [1.82, 2.24) is 4.90 Å². The Morgan fingerprint density at radius 3 is 1.88 bits per heavy atom. The number of aliphatic hydroxyl groups is 1. The molecular formula is C50H55NO13. The van der Waals surface area contributed by atoms with Crippen molar-refractivity contribution in [2.45, 2.75) is 88.7 Å². The van der Waals surface area contributed by atoms with Gasteiger partial charge in [-0.2, -0.15) is 0 Å². The number of cyclic esters (lactones) is 1. The topological polar surface area (TPSA) is 173 Å². The van der Waals surface area contributed by atoms with Gasteiger partial charge in [0.15, 0.2) is 24.0 Å². The normalized spacial score (nSPS) is 21.9. The molecule has 2 heterocycles. The smallest absolute Gasteiger partial charge is 0.416 e. The first kappa shape index (κ1) is 47.6. The number of rotatable bonds is 23. The molecule has 0 aromatic heterocycles. The van der Waals surface area contributed by atoms with Gasteiger partial charge in [0, 0.05) is 27.1 Å². The lowest BCUT2D eigenvalue weighted by atomic mass is 9.89. The first-order valence-corrected chi connectivity index (χ1v) is 21.4. The molecule has 0 saturated carbocycles. The summed E-state index contributed by atoms with van der Waals surface area (Å²) in [7, 11) is 1.46. The molecule has 2 fully saturated rings. The summed E-state index contributed by atoms with van der Waals surface area (Å²) < 4.78 is 41.8. The van der Waals surface area contributed by atoms with Gasteiger partial charge in [-0.25, -0.2) is 9.69 Å². The second-order valence-electron chi connectivity index (χ2n) is 15.6. The molecule has 0 unspecified atom stereocenters. The molecule has 0 spiro atoms. The molecule has 4 aromatic rings. The zero-order valence-electron chi connectivity index (χ0n) is 36.0. The van der Waals surface area contributed by atoms with E-state index in [0.29, 0.717) is 12.0 Å². The Balaban J connectivity index is 1.13. The first-order chi connectivity index (χ1) is 31.1. The summed E-state index contributed by atoms with van der Waals surface area (Å²) in [6, 6.07) is 36.6. The molecule has 0 bridgehead atoms. The molecule has 2 aliphatic heterocycles. The Kier molecular flexibility index (Phi) is 18.0. The Morgan fingerprint density at radius 1 is 0.750 bits per heavy atom. The minimum absolute atomic E-state index is 0.0386. The van der Waals surface area contributed by atoms with Crippen LogP contribution in [0.15, 0.2) is 133 Å². The van der Waals surface area contributed by atoms with Gasteiger partial charge in [-0.3, -0.25) is 19.2 Å². The lowest BCUT2D eigenvalue weighted by Crippen LogP contribution is -2.61. The summed E-state index contributed by atoms with van der Waals surface area (Å²) in [5, 5.41) is 10.4. The maximum Gasteiger partial charge on any atom is 0.416 e. The Morgan fingerprint density at radius 2 is 1.31 bits per heavy atom. The van der Waals surface area contributed by atoms with Crippen molar-refractivity contribution in [2.75, 3.05) is 26.9 Å². The minimum atomic E-state index is -1.66. The predicted molar refractivity (Wildman–Crippen MR) is 232 cm³/mol. The van der Waals surface area contributed by atoms with Crippen LogP contribution in [-0.2, 0) is 78.4 Å². The van der Waals surface area contributed by atoms with E-state index in [2.05, 4.69) is 0 Å². The number of hydrogen-bond acceptors (Lipinski definition) is 13. The number of allylic oxidation sites excluding steroid dienone is 1. The maximum absolute atomic E-state index is 14.4. The molecule has 1 N–H and O–H groups in total. The second kappa shape index (κ2) is 24.3. The molecular weight excluding hydrogens is 823 g/mol. The number of methoxy groups -OCH3 is 1. The molecule has 0 aliphatic carbocycles. The number of imide groups is 1. The number of benzene rings is 4. The molecule has 8 atom stereocenters. The highest BCUT2D eigenvalue weighted by Crippen LogP contribution is 2.31. The number of ether oxygens (including phenoxy) is 7. The number of carbonyl (C=O) groups excluding carboxylic acids is 5. The van der Waals surface area contributed by atoms with E-state index < -0.39 is 78.3 Å². The van der Waals surface area contributed by atoms with Gasteiger partial charge < -0.3 is 38.3 Å². The SMILES string of the molecule is CO[C@H]1O[C@H](CO)[C@@H](OCc2ccccc2)[C@H](OCc2ccccc2)[C@@H]1OCCCC(=O)C=CC(=O)[C@@H](OC(C)=O)[C@H](Cc1ccccc1)C(=O)N1C(=O)OC[C@@H]1Cc1ccccc1. The summed E-state index contributed by atoms with van der Waals surface area (Å²) in [5.74, 6) is -4.13. The van der Waals surface area contributed by atoms with Crippen LogP contribution in [0.1, 0.15) is 42.0 Å². The lowest BCUT2D eigenvalue weighted by molar-refractivity contribution is -0.319. The first-order valence-electron chi connectivity index (χ1n) is 21.4. The van der Waals surface area contributed by atoms with Crippen LogP contribution in [0, 0.1) is 5.92 Å². The molecule has 2 saturated heterocycles. The standard InChI is InChI=1S/C50H55NO13/c1-34(53)63-44(41(29-36-18-9-4-10-19-36)48(56)51-39(33-62-50(51)57)28-35-16-7-3-8-17-35)42(55)26-25-40(54)24-15-27-59-47-46(61-32-38-22-13-6-14-23-38)45(43(30-52)64-49(47)58-2)60-31-37-20-11-5-12-21-37/h3-14,16-23,25-26,39,41,43-47,49,52H,15,24,27-33H2,1-2H3/t39-,41-,43+,44-,45+,46-,47-,49-/m0/s1. The van der Waals surface area contributed by atoms with E-state index in [-0.39, 0.29) is 52.3 Å². The van der Waals surface area contributed by atoms with Crippen LogP contribution in [0.25, 0.3) is 0 Å². The molecule has 14 nitrogen and oxygen atoms in total. The van der Waals surface area contributed by atoms with Crippen LogP contribution in [0.5, 0.6) is 0 Å². The number of carbonyl (C=O) groups is 5. The fourth-order valence-electron chi connectivity index (χ4n) is 7.79. The Hall–Kier alpha value is -5.87. The molecule has 4 aromatic carbocycles. The van der Waals surface area contributed by atoms with Crippen molar-refractivity contribution in [3.63, 3.8) is 0 Å². The summed E-state index contributed by atoms with van der Waals surface area (Å²) in [6.45, 7) is 1.20. The quantitative estimate of drug-likeness (QED) is 0.0542. The number of amides is 2. The molecule has 0 radical (unpaired) electrons. The van der Waals surface area contributed by atoms with E-state index in [1.165, 1.54) is 7.11 Å². The number of nitrogens with zero attached hydrogens (tertiary/aromatic N) is 1. The number of esters is 1. The second-order valence-corrected chi connectivity index (χ2v) is 15.6. The number of ketones is 2. The van der Waals surface area contributed by atoms with Gasteiger partial charge in [0.25, 0.3) is 0 Å². The van der Waals surface area contributed by atoms with Crippen molar-refractivity contribution >= 4 is 29.5 Å². The van der Waals surface area contributed by atoms with Crippen molar-refractivity contribution in [3.05, 3.63) is 156 Å². The zero-order chi connectivity index (χ0) is 45.3. The van der Waals surface area contributed by atoms with Crippen LogP contribution in [-0.4, -0.2) is 109 Å². The molecule has 338 valence electrons. The summed E-state index contributed by atoms with van der Waals surface area (Å²) >= 11 is 0. The van der Waals surface area contributed by atoms with E-state index in [1.54, 1.807) is 30.3 Å². The molecule has 64 heavy (non-hydrogen) atoms. The Labute approximate surface area is 373 Å². The minimum Gasteiger partial charge on any atom is -0.453 e. The zero-order valence-corrected chi connectivity index (χ0v) is 36.0. The van der Waals surface area contributed by atoms with Crippen molar-refractivity contribution < 1.29 is 62.2 Å². The Bertz CT molecular complexity index is 2140. The van der Waals surface area contributed by atoms with Crippen LogP contribution >= 0.6 is 0 Å². The van der Waals surface area contributed by atoms with Gasteiger partial charge in [-0.1, -0.05) is 121 Å². The van der Waals surface area contributed by atoms with E-state index in [4.69, 9.17) is 33.2 Å². The number of aliphatic hydroxyl groups excluding tert-OH is 1. The van der Waals surface area contributed by atoms with Crippen LogP contribution < -0.4 is 0 Å². The van der Waals surface area contributed by atoms with Crippen molar-refractivity contribution in [1.29, 1.82) is 0 Å². The molecule has 2 aliphatic rings. The third-order valence-corrected chi connectivity index (χ3v) is 11.0. The molecule has 14 heteroatoms. The fourth-order valence-corrected chi connectivity index (χ4v) is 7.79. The number of hydrogen-bond donors (Lipinski definition) is 1. The van der Waals surface area contributed by atoms with Crippen molar-refractivity contribution in [2.24, 2.45) is 5.92 Å². The molecule has 6 rings (SSSR count). The highest BCUT2D eigenvalue weighted by Gasteiger charge is 2.49. The monoisotopic (exact) mass is 877 g/mol. The third-order valence-electron chi connectivity index (χ3n) is 11.0. The average molecular weight is 878 g/mol. The highest BCUT2D eigenvalue weighted by molar-refractivity contribution is 6.04. The third kappa shape index (κ3) is 13.3. The van der Waals surface area contributed by atoms with Gasteiger partial charge in [0.05, 0.1) is 31.8 Å². The van der Waals surface area contributed by atoms with Gasteiger partial charge in [0.1, 0.15) is 31.0 Å². The predicted octanol–water partition coefficient (Wildman–Crippen LogP) is 5.76. The maximum atomic E-state index is 14.4. The van der Waals surface area contributed by atoms with E-state index in [0.717, 1.165) is 40.7 Å². The summed E-state index contributed by atoms with van der Waals surface area (Å²) in [4.78, 5) is 68.1. The van der Waals surface area contributed by atoms with Crippen LogP contribution in [0.2, 0.25) is 0 Å². The van der Waals surface area contributed by atoms with Crippen molar-refractivity contribution in [3.8, 4) is 0 Å². The average Bonchev–Trinajstić information content (AvgIpc) is 3.68. The lowest BCUT2D eigenvalue weighted by Gasteiger charge is -2.45. The van der Waals surface area contributed by atoms with E-state index in [1.807, 2.05) is 91.0 Å². The van der Waals surface area contributed by atoms with Gasteiger partial charge in [-0.05, 0) is 53.7 Å². The highest BCUT2D eigenvalue weighted by atomic mass is 16.7. The largest absolute Gasteiger partial charge is 0.453 e. The van der Waals surface area contributed by atoms with Crippen LogP contribution in [0.4, 0.5) is 4.79 Å². The summed E-state index contributed by atoms with van der Waals surface area (Å²) in [5.41, 5.74) is 3.36. The van der Waals surface area contributed by atoms with Gasteiger partial charge in [-0.15, -0.1) is 0 Å². The molecule has 2 amide bonds. The summed E-state index contributed by atoms with van der Waals surface area (Å²) in [6.07, 6.45) is -4.07. The fraction of sp³-hybridized carbons (Fsp3) is 0.380. The van der Waals surface area contributed by atoms with E-state index >= 15 is 0 Å². The van der Waals surface area contributed by atoms with Crippen LogP contribution in [0.3, 0.4) is 0 Å². The van der Waals surface area contributed by atoms with E-state index in [9.17, 15) is 29.1 Å².